The van der Waals surface area contributed by atoms with Crippen LogP contribution in [0.2, 0.25) is 0 Å². The summed E-state index contributed by atoms with van der Waals surface area (Å²) in [6.45, 7) is 2.61. The molecule has 0 saturated carbocycles. The Labute approximate surface area is 106 Å². The SMILES string of the molecule is CC(C(=O)NCc1ccc(F)cc1)N(C)CCO. The summed E-state index contributed by atoms with van der Waals surface area (Å²) in [4.78, 5) is 13.6. The molecule has 0 aliphatic rings. The third-order valence-electron chi connectivity index (χ3n) is 2.87. The molecule has 2 N–H and O–H groups in total. The first-order valence-electron chi connectivity index (χ1n) is 5.88. The monoisotopic (exact) mass is 254 g/mol. The number of hydrogen-bond acceptors (Lipinski definition) is 3. The molecule has 4 nitrogen and oxygen atoms in total. The van der Waals surface area contributed by atoms with Crippen LogP contribution in [-0.2, 0) is 11.3 Å². The Morgan fingerprint density at radius 3 is 2.61 bits per heavy atom. The van der Waals surface area contributed by atoms with Crippen molar-refractivity contribution in [2.24, 2.45) is 0 Å². The number of amides is 1. The maximum Gasteiger partial charge on any atom is 0.237 e. The number of rotatable bonds is 6. The fourth-order valence-electron chi connectivity index (χ4n) is 1.49. The predicted octanol–water partition coefficient (Wildman–Crippen LogP) is 0.754. The average molecular weight is 254 g/mol. The maximum absolute atomic E-state index is 12.7. The summed E-state index contributed by atoms with van der Waals surface area (Å²) in [7, 11) is 1.78. The molecule has 0 heterocycles. The Balaban J connectivity index is 2.43. The molecule has 1 rings (SSSR count). The van der Waals surface area contributed by atoms with Crippen molar-refractivity contribution in [3.63, 3.8) is 0 Å². The molecule has 1 unspecified atom stereocenters. The van der Waals surface area contributed by atoms with Gasteiger partial charge in [0.25, 0.3) is 0 Å². The van der Waals surface area contributed by atoms with Crippen molar-refractivity contribution < 1.29 is 14.3 Å². The summed E-state index contributed by atoms with van der Waals surface area (Å²) in [5.74, 6) is -0.406. The van der Waals surface area contributed by atoms with Gasteiger partial charge in [-0.15, -0.1) is 0 Å². The number of aliphatic hydroxyl groups excluding tert-OH is 1. The zero-order chi connectivity index (χ0) is 13.5. The molecular formula is C13H19FN2O2. The van der Waals surface area contributed by atoms with Gasteiger partial charge in [-0.2, -0.15) is 0 Å². The number of nitrogens with zero attached hydrogens (tertiary/aromatic N) is 1. The highest BCUT2D eigenvalue weighted by atomic mass is 19.1. The first-order chi connectivity index (χ1) is 8.54. The van der Waals surface area contributed by atoms with Crippen molar-refractivity contribution >= 4 is 5.91 Å². The highest BCUT2D eigenvalue weighted by molar-refractivity contribution is 5.81. The molecule has 100 valence electrons. The molecule has 1 atom stereocenters. The largest absolute Gasteiger partial charge is 0.395 e. The molecular weight excluding hydrogens is 235 g/mol. The predicted molar refractivity (Wildman–Crippen MR) is 67.4 cm³/mol. The Kier molecular flexibility index (Phi) is 5.74. The summed E-state index contributed by atoms with van der Waals surface area (Å²) < 4.78 is 12.7. The lowest BCUT2D eigenvalue weighted by molar-refractivity contribution is -0.125. The fraction of sp³-hybridized carbons (Fsp3) is 0.462. The number of nitrogens with one attached hydrogen (secondary N) is 1. The van der Waals surface area contributed by atoms with Crippen molar-refractivity contribution in [1.82, 2.24) is 10.2 Å². The van der Waals surface area contributed by atoms with Gasteiger partial charge in [0.1, 0.15) is 5.82 Å². The topological polar surface area (TPSA) is 52.6 Å². The number of hydrogen-bond donors (Lipinski definition) is 2. The highest BCUT2D eigenvalue weighted by Gasteiger charge is 2.16. The molecule has 1 aromatic carbocycles. The van der Waals surface area contributed by atoms with Crippen LogP contribution in [0.4, 0.5) is 4.39 Å². The van der Waals surface area contributed by atoms with E-state index in [1.165, 1.54) is 12.1 Å². The summed E-state index contributed by atoms with van der Waals surface area (Å²) in [6, 6.07) is 5.69. The van der Waals surface area contributed by atoms with Crippen molar-refractivity contribution in [1.29, 1.82) is 0 Å². The van der Waals surface area contributed by atoms with Crippen LogP contribution in [0.1, 0.15) is 12.5 Å². The summed E-state index contributed by atoms with van der Waals surface area (Å²) in [5.41, 5.74) is 0.849. The van der Waals surface area contributed by atoms with Crippen molar-refractivity contribution in [2.75, 3.05) is 20.2 Å². The van der Waals surface area contributed by atoms with Gasteiger partial charge in [-0.25, -0.2) is 4.39 Å². The Hall–Kier alpha value is -1.46. The van der Waals surface area contributed by atoms with E-state index in [9.17, 15) is 9.18 Å². The molecule has 0 aliphatic carbocycles. The van der Waals surface area contributed by atoms with Crippen LogP contribution in [0.5, 0.6) is 0 Å². The highest BCUT2D eigenvalue weighted by Crippen LogP contribution is 2.03. The average Bonchev–Trinajstić information content (AvgIpc) is 2.37. The quantitative estimate of drug-likeness (QED) is 0.788. The molecule has 0 saturated heterocycles. The van der Waals surface area contributed by atoms with Crippen LogP contribution < -0.4 is 5.32 Å². The molecule has 5 heteroatoms. The fourth-order valence-corrected chi connectivity index (χ4v) is 1.49. The van der Waals surface area contributed by atoms with Crippen LogP contribution in [0.3, 0.4) is 0 Å². The molecule has 18 heavy (non-hydrogen) atoms. The minimum atomic E-state index is -0.308. The van der Waals surface area contributed by atoms with Crippen LogP contribution in [0.15, 0.2) is 24.3 Å². The van der Waals surface area contributed by atoms with Gasteiger partial charge in [0.05, 0.1) is 12.6 Å². The number of carbonyl (C=O) groups excluding carboxylic acids is 1. The Morgan fingerprint density at radius 2 is 2.06 bits per heavy atom. The van der Waals surface area contributed by atoms with Crippen LogP contribution in [0.25, 0.3) is 0 Å². The Morgan fingerprint density at radius 1 is 1.44 bits per heavy atom. The summed E-state index contributed by atoms with van der Waals surface area (Å²) >= 11 is 0. The van der Waals surface area contributed by atoms with Gasteiger partial charge >= 0.3 is 0 Å². The number of carbonyl (C=O) groups is 1. The van der Waals surface area contributed by atoms with Gasteiger partial charge in [0, 0.05) is 13.1 Å². The van der Waals surface area contributed by atoms with Crippen LogP contribution >= 0.6 is 0 Å². The second-order valence-electron chi connectivity index (χ2n) is 4.22. The van der Waals surface area contributed by atoms with E-state index < -0.39 is 0 Å². The van der Waals surface area contributed by atoms with Crippen molar-refractivity contribution in [3.05, 3.63) is 35.6 Å². The molecule has 0 bridgehead atoms. The number of benzene rings is 1. The molecule has 0 radical (unpaired) electrons. The van der Waals surface area contributed by atoms with E-state index in [0.29, 0.717) is 13.1 Å². The zero-order valence-corrected chi connectivity index (χ0v) is 10.7. The van der Waals surface area contributed by atoms with E-state index in [-0.39, 0.29) is 24.4 Å². The van der Waals surface area contributed by atoms with E-state index in [1.54, 1.807) is 31.0 Å². The van der Waals surface area contributed by atoms with Gasteiger partial charge < -0.3 is 10.4 Å². The molecule has 1 amide bonds. The minimum absolute atomic E-state index is 0.0199. The van der Waals surface area contributed by atoms with Crippen molar-refractivity contribution in [3.8, 4) is 0 Å². The first kappa shape index (κ1) is 14.6. The number of aliphatic hydroxyl groups is 1. The molecule has 0 fully saturated rings. The third kappa shape index (κ3) is 4.43. The number of likely N-dealkylation sites (N-methyl/N-ethyl adjacent to an activating group) is 1. The van der Waals surface area contributed by atoms with E-state index in [2.05, 4.69) is 5.32 Å². The molecule has 0 aromatic heterocycles. The lowest BCUT2D eigenvalue weighted by atomic mass is 10.2. The van der Waals surface area contributed by atoms with Gasteiger partial charge in [-0.1, -0.05) is 12.1 Å². The van der Waals surface area contributed by atoms with Crippen molar-refractivity contribution in [2.45, 2.75) is 19.5 Å². The lowest BCUT2D eigenvalue weighted by Gasteiger charge is -2.22. The van der Waals surface area contributed by atoms with Crippen LogP contribution in [0, 0.1) is 5.82 Å². The normalized spacial score (nSPS) is 12.5. The van der Waals surface area contributed by atoms with Gasteiger partial charge in [-0.3, -0.25) is 9.69 Å². The lowest BCUT2D eigenvalue weighted by Crippen LogP contribution is -2.43. The van der Waals surface area contributed by atoms with Gasteiger partial charge in [0.2, 0.25) is 5.91 Å². The minimum Gasteiger partial charge on any atom is -0.395 e. The van der Waals surface area contributed by atoms with Gasteiger partial charge in [0.15, 0.2) is 0 Å². The van der Waals surface area contributed by atoms with Gasteiger partial charge in [-0.05, 0) is 31.7 Å². The van der Waals surface area contributed by atoms with Crippen LogP contribution in [-0.4, -0.2) is 42.2 Å². The van der Waals surface area contributed by atoms with E-state index >= 15 is 0 Å². The molecule has 1 aromatic rings. The Bertz CT molecular complexity index is 381. The number of halogens is 1. The third-order valence-corrected chi connectivity index (χ3v) is 2.87. The molecule has 0 spiro atoms. The first-order valence-corrected chi connectivity index (χ1v) is 5.88. The smallest absolute Gasteiger partial charge is 0.237 e. The standard InChI is InChI=1S/C13H19FN2O2/c1-10(16(2)7-8-17)13(18)15-9-11-3-5-12(14)6-4-11/h3-6,10,17H,7-9H2,1-2H3,(H,15,18). The molecule has 0 aliphatic heterocycles. The second-order valence-corrected chi connectivity index (χ2v) is 4.22. The summed E-state index contributed by atoms with van der Waals surface area (Å²) in [6.07, 6.45) is 0. The summed E-state index contributed by atoms with van der Waals surface area (Å²) in [5, 5.41) is 11.6. The second kappa shape index (κ2) is 7.08. The maximum atomic E-state index is 12.7. The van der Waals surface area contributed by atoms with E-state index in [1.807, 2.05) is 0 Å². The van der Waals surface area contributed by atoms with E-state index in [0.717, 1.165) is 5.56 Å². The zero-order valence-electron chi connectivity index (χ0n) is 10.7. The van der Waals surface area contributed by atoms with E-state index in [4.69, 9.17) is 5.11 Å².